The quantitative estimate of drug-likeness (QED) is 0.828. The van der Waals surface area contributed by atoms with Gasteiger partial charge in [0, 0.05) is 6.61 Å². The predicted octanol–water partition coefficient (Wildman–Crippen LogP) is 0.993. The Hall–Kier alpha value is -1.33. The normalized spacial score (nSPS) is 22.9. The highest BCUT2D eigenvalue weighted by molar-refractivity contribution is 5.92. The van der Waals surface area contributed by atoms with Crippen LogP contribution in [-0.4, -0.2) is 29.6 Å². The molecule has 0 bridgehead atoms. The van der Waals surface area contributed by atoms with Gasteiger partial charge in [-0.3, -0.25) is 4.79 Å². The van der Waals surface area contributed by atoms with Crippen LogP contribution in [0.2, 0.25) is 0 Å². The second-order valence-corrected chi connectivity index (χ2v) is 3.92. The van der Waals surface area contributed by atoms with Gasteiger partial charge in [0.2, 0.25) is 0 Å². The van der Waals surface area contributed by atoms with E-state index in [0.717, 1.165) is 6.42 Å². The van der Waals surface area contributed by atoms with Crippen LogP contribution < -0.4 is 11.1 Å². The van der Waals surface area contributed by atoms with Crippen LogP contribution in [0.25, 0.3) is 0 Å². The van der Waals surface area contributed by atoms with Gasteiger partial charge in [-0.2, -0.15) is 0 Å². The van der Waals surface area contributed by atoms with Crippen molar-refractivity contribution in [1.82, 2.24) is 10.3 Å². The number of carbonyl (C=O) groups excluding carboxylic acids is 1. The number of hydrogen-bond donors (Lipinski definition) is 2. The van der Waals surface area contributed by atoms with E-state index in [1.54, 1.807) is 12.1 Å². The molecule has 1 saturated heterocycles. The van der Waals surface area contributed by atoms with E-state index in [1.807, 2.05) is 6.92 Å². The average molecular weight is 258 g/mol. The van der Waals surface area contributed by atoms with Crippen molar-refractivity contribution in [3.63, 3.8) is 0 Å². The number of halogens is 1. The summed E-state index contributed by atoms with van der Waals surface area (Å²) >= 11 is 0. The van der Waals surface area contributed by atoms with Gasteiger partial charge in [-0.1, -0.05) is 0 Å². The van der Waals surface area contributed by atoms with E-state index in [1.165, 1.54) is 6.20 Å². The van der Waals surface area contributed by atoms with Gasteiger partial charge in [-0.15, -0.1) is 12.4 Å². The van der Waals surface area contributed by atoms with Gasteiger partial charge in [0.15, 0.2) is 0 Å². The number of nitrogens with two attached hydrogens (primary N) is 1. The van der Waals surface area contributed by atoms with Crippen molar-refractivity contribution in [1.29, 1.82) is 0 Å². The molecule has 3 N–H and O–H groups in total. The SMILES string of the molecule is CC1OCCC1NC(=O)c1ccc(N)cn1.Cl. The summed E-state index contributed by atoms with van der Waals surface area (Å²) in [6.07, 6.45) is 2.39. The molecule has 1 fully saturated rings. The Labute approximate surface area is 106 Å². The predicted molar refractivity (Wildman–Crippen MR) is 67.2 cm³/mol. The number of nitrogens with zero attached hydrogens (tertiary/aromatic N) is 1. The molecule has 2 atom stereocenters. The van der Waals surface area contributed by atoms with E-state index in [2.05, 4.69) is 10.3 Å². The molecule has 0 radical (unpaired) electrons. The summed E-state index contributed by atoms with van der Waals surface area (Å²) in [5.41, 5.74) is 6.43. The molecule has 2 heterocycles. The van der Waals surface area contributed by atoms with E-state index in [9.17, 15) is 4.79 Å². The molecule has 1 aromatic rings. The van der Waals surface area contributed by atoms with Crippen molar-refractivity contribution in [3.05, 3.63) is 24.0 Å². The monoisotopic (exact) mass is 257 g/mol. The number of amides is 1. The summed E-state index contributed by atoms with van der Waals surface area (Å²) in [5, 5.41) is 2.90. The molecule has 0 aliphatic carbocycles. The maximum Gasteiger partial charge on any atom is 0.270 e. The molecule has 94 valence electrons. The summed E-state index contributed by atoms with van der Waals surface area (Å²) in [6, 6.07) is 3.36. The number of pyridine rings is 1. The van der Waals surface area contributed by atoms with Crippen molar-refractivity contribution < 1.29 is 9.53 Å². The van der Waals surface area contributed by atoms with Crippen LogP contribution in [0.5, 0.6) is 0 Å². The summed E-state index contributed by atoms with van der Waals surface area (Å²) < 4.78 is 5.37. The average Bonchev–Trinajstić information content (AvgIpc) is 2.65. The summed E-state index contributed by atoms with van der Waals surface area (Å²) in [4.78, 5) is 15.8. The maximum absolute atomic E-state index is 11.8. The van der Waals surface area contributed by atoms with Gasteiger partial charge in [0.05, 0.1) is 24.0 Å². The number of anilines is 1. The molecule has 6 heteroatoms. The molecule has 17 heavy (non-hydrogen) atoms. The highest BCUT2D eigenvalue weighted by Crippen LogP contribution is 2.13. The fraction of sp³-hybridized carbons (Fsp3) is 0.455. The topological polar surface area (TPSA) is 77.2 Å². The Bertz CT molecular complexity index is 383. The third-order valence-electron chi connectivity index (χ3n) is 2.71. The number of carbonyl (C=O) groups is 1. The van der Waals surface area contributed by atoms with Gasteiger partial charge in [-0.25, -0.2) is 4.98 Å². The maximum atomic E-state index is 11.8. The zero-order valence-electron chi connectivity index (χ0n) is 9.55. The molecule has 0 aromatic carbocycles. The summed E-state index contributed by atoms with van der Waals surface area (Å²) in [7, 11) is 0. The first kappa shape index (κ1) is 13.7. The minimum Gasteiger partial charge on any atom is -0.397 e. The van der Waals surface area contributed by atoms with Gasteiger partial charge in [-0.05, 0) is 25.5 Å². The lowest BCUT2D eigenvalue weighted by Crippen LogP contribution is -2.39. The van der Waals surface area contributed by atoms with Crippen LogP contribution in [0.15, 0.2) is 18.3 Å². The molecule has 2 rings (SSSR count). The second kappa shape index (κ2) is 5.84. The van der Waals surface area contributed by atoms with Crippen molar-refractivity contribution >= 4 is 24.0 Å². The van der Waals surface area contributed by atoms with Crippen molar-refractivity contribution in [2.45, 2.75) is 25.5 Å². The smallest absolute Gasteiger partial charge is 0.270 e. The van der Waals surface area contributed by atoms with E-state index in [-0.39, 0.29) is 30.5 Å². The third kappa shape index (κ3) is 3.31. The Kier molecular flexibility index (Phi) is 4.72. The van der Waals surface area contributed by atoms with Gasteiger partial charge in [0.25, 0.3) is 5.91 Å². The number of aromatic nitrogens is 1. The fourth-order valence-electron chi connectivity index (χ4n) is 1.70. The minimum absolute atomic E-state index is 0. The molecular formula is C11H16ClN3O2. The Morgan fingerprint density at radius 3 is 2.88 bits per heavy atom. The highest BCUT2D eigenvalue weighted by atomic mass is 35.5. The Balaban J connectivity index is 0.00000144. The van der Waals surface area contributed by atoms with E-state index in [0.29, 0.717) is 18.0 Å². The second-order valence-electron chi connectivity index (χ2n) is 3.92. The van der Waals surface area contributed by atoms with Crippen molar-refractivity contribution in [3.8, 4) is 0 Å². The van der Waals surface area contributed by atoms with Crippen LogP contribution in [0.3, 0.4) is 0 Å². The zero-order valence-corrected chi connectivity index (χ0v) is 10.4. The lowest BCUT2D eigenvalue weighted by Gasteiger charge is -2.15. The zero-order chi connectivity index (χ0) is 11.5. The number of rotatable bonds is 2. The lowest BCUT2D eigenvalue weighted by atomic mass is 10.1. The molecule has 1 amide bonds. The highest BCUT2D eigenvalue weighted by Gasteiger charge is 2.26. The first-order chi connectivity index (χ1) is 7.66. The first-order valence-corrected chi connectivity index (χ1v) is 5.31. The fourth-order valence-corrected chi connectivity index (χ4v) is 1.70. The molecule has 1 aliphatic heterocycles. The largest absolute Gasteiger partial charge is 0.397 e. The molecule has 1 aliphatic rings. The number of hydrogen-bond acceptors (Lipinski definition) is 4. The minimum atomic E-state index is -0.178. The van der Waals surface area contributed by atoms with Crippen molar-refractivity contribution in [2.75, 3.05) is 12.3 Å². The van der Waals surface area contributed by atoms with Crippen LogP contribution in [-0.2, 0) is 4.74 Å². The van der Waals surface area contributed by atoms with Gasteiger partial charge < -0.3 is 15.8 Å². The molecule has 0 saturated carbocycles. The summed E-state index contributed by atoms with van der Waals surface area (Å²) in [5.74, 6) is -0.178. The van der Waals surface area contributed by atoms with Crippen LogP contribution in [0.4, 0.5) is 5.69 Å². The van der Waals surface area contributed by atoms with E-state index < -0.39 is 0 Å². The Morgan fingerprint density at radius 2 is 2.35 bits per heavy atom. The first-order valence-electron chi connectivity index (χ1n) is 5.31. The van der Waals surface area contributed by atoms with Crippen LogP contribution >= 0.6 is 12.4 Å². The lowest BCUT2D eigenvalue weighted by molar-refractivity contribution is 0.0862. The molecule has 2 unspecified atom stereocenters. The number of ether oxygens (including phenoxy) is 1. The van der Waals surface area contributed by atoms with Gasteiger partial charge >= 0.3 is 0 Å². The van der Waals surface area contributed by atoms with Gasteiger partial charge in [0.1, 0.15) is 5.69 Å². The standard InChI is InChI=1S/C11H15N3O2.ClH/c1-7-9(4-5-16-7)14-11(15)10-3-2-8(12)6-13-10;/h2-3,6-7,9H,4-5,12H2,1H3,(H,14,15);1H. The molecule has 1 aromatic heterocycles. The van der Waals surface area contributed by atoms with Crippen molar-refractivity contribution in [2.24, 2.45) is 0 Å². The summed E-state index contributed by atoms with van der Waals surface area (Å²) in [6.45, 7) is 2.65. The van der Waals surface area contributed by atoms with Crippen LogP contribution in [0.1, 0.15) is 23.8 Å². The van der Waals surface area contributed by atoms with E-state index >= 15 is 0 Å². The number of nitrogens with one attached hydrogen (secondary N) is 1. The third-order valence-corrected chi connectivity index (χ3v) is 2.71. The number of nitrogen functional groups attached to an aromatic ring is 1. The molecule has 5 nitrogen and oxygen atoms in total. The van der Waals surface area contributed by atoms with Crippen LogP contribution in [0, 0.1) is 0 Å². The van der Waals surface area contributed by atoms with E-state index in [4.69, 9.17) is 10.5 Å². The Morgan fingerprint density at radius 1 is 1.59 bits per heavy atom. The molecular weight excluding hydrogens is 242 g/mol. The molecule has 0 spiro atoms.